The fraction of sp³-hybridized carbons (Fsp3) is 0.280. The number of aromatic hydroxyl groups is 1. The monoisotopic (exact) mass is 455 g/mol. The van der Waals surface area contributed by atoms with Gasteiger partial charge in [-0.1, -0.05) is 29.8 Å². The van der Waals surface area contributed by atoms with Crippen LogP contribution in [0.25, 0.3) is 0 Å². The average Bonchev–Trinajstić information content (AvgIpc) is 3.40. The second-order valence-corrected chi connectivity index (χ2v) is 8.40. The van der Waals surface area contributed by atoms with Gasteiger partial charge >= 0.3 is 5.97 Å². The normalized spacial score (nSPS) is 15.9. The fourth-order valence-corrected chi connectivity index (χ4v) is 4.39. The minimum absolute atomic E-state index is 0.0551. The molecular formula is C25H23ClFNO4. The van der Waals surface area contributed by atoms with Gasteiger partial charge in [-0.15, -0.1) is 0 Å². The SMILES string of the molecule is Fc1ccc(Cc2ccc(Cl)nc2)c2c1CCC2.O=C(O)CC1COc2cc(O)ccc21. The molecule has 2 heterocycles. The zero-order valence-electron chi connectivity index (χ0n) is 17.4. The Kier molecular flexibility index (Phi) is 6.61. The fourth-order valence-electron chi connectivity index (χ4n) is 4.28. The third kappa shape index (κ3) is 5.02. The van der Waals surface area contributed by atoms with E-state index in [-0.39, 0.29) is 23.9 Å². The van der Waals surface area contributed by atoms with Crippen molar-refractivity contribution in [3.05, 3.63) is 87.4 Å². The number of ether oxygens (including phenoxy) is 1. The highest BCUT2D eigenvalue weighted by molar-refractivity contribution is 6.29. The number of aliphatic carboxylic acids is 1. The van der Waals surface area contributed by atoms with E-state index in [0.717, 1.165) is 42.4 Å². The van der Waals surface area contributed by atoms with Gasteiger partial charge in [-0.05, 0) is 66.1 Å². The standard InChI is InChI=1S/C15H13ClFN.C10H10O4/c16-15-7-4-10(9-18-15)8-11-5-6-14(17)13-3-1-2-12(11)13;11-7-1-2-8-6(3-10(12)13)5-14-9(8)4-7/h4-7,9H,1-3,8H2;1-2,4,6,11H,3,5H2,(H,12,13). The molecule has 3 aromatic rings. The maximum atomic E-state index is 13.6. The van der Waals surface area contributed by atoms with E-state index >= 15 is 0 Å². The van der Waals surface area contributed by atoms with Crippen molar-refractivity contribution < 1.29 is 24.1 Å². The van der Waals surface area contributed by atoms with Gasteiger partial charge in [0.1, 0.15) is 22.5 Å². The Balaban J connectivity index is 0.000000158. The molecule has 0 saturated carbocycles. The highest BCUT2D eigenvalue weighted by atomic mass is 35.5. The third-order valence-electron chi connectivity index (χ3n) is 5.81. The first-order valence-electron chi connectivity index (χ1n) is 10.5. The van der Waals surface area contributed by atoms with Gasteiger partial charge in [-0.3, -0.25) is 4.79 Å². The molecule has 0 amide bonds. The number of hydrogen-bond acceptors (Lipinski definition) is 4. The summed E-state index contributed by atoms with van der Waals surface area (Å²) in [5.74, 6) is -0.251. The number of phenolic OH excluding ortho intramolecular Hbond substituents is 1. The quantitative estimate of drug-likeness (QED) is 0.522. The summed E-state index contributed by atoms with van der Waals surface area (Å²) in [6.45, 7) is 0.380. The molecule has 1 unspecified atom stereocenters. The molecule has 1 aliphatic carbocycles. The number of carbonyl (C=O) groups is 1. The summed E-state index contributed by atoms with van der Waals surface area (Å²) in [5, 5.41) is 18.3. The van der Waals surface area contributed by atoms with Crippen molar-refractivity contribution in [2.24, 2.45) is 0 Å². The molecule has 2 N–H and O–H groups in total. The smallest absolute Gasteiger partial charge is 0.304 e. The molecule has 1 aromatic heterocycles. The number of benzene rings is 2. The first-order valence-corrected chi connectivity index (χ1v) is 10.9. The lowest BCUT2D eigenvalue weighted by molar-refractivity contribution is -0.137. The predicted molar refractivity (Wildman–Crippen MR) is 119 cm³/mol. The van der Waals surface area contributed by atoms with E-state index in [9.17, 15) is 9.18 Å². The summed E-state index contributed by atoms with van der Waals surface area (Å²) in [5.41, 5.74) is 5.30. The first-order chi connectivity index (χ1) is 15.4. The molecule has 0 saturated heterocycles. The van der Waals surface area contributed by atoms with Gasteiger partial charge in [-0.25, -0.2) is 9.37 Å². The number of pyridine rings is 1. The summed E-state index contributed by atoms with van der Waals surface area (Å²) in [6.07, 6.45) is 5.57. The Bertz CT molecular complexity index is 1130. The number of carboxylic acids is 1. The van der Waals surface area contributed by atoms with E-state index in [1.807, 2.05) is 12.1 Å². The van der Waals surface area contributed by atoms with E-state index in [0.29, 0.717) is 17.5 Å². The molecule has 2 aliphatic rings. The van der Waals surface area contributed by atoms with Crippen molar-refractivity contribution >= 4 is 17.6 Å². The second-order valence-electron chi connectivity index (χ2n) is 8.01. The third-order valence-corrected chi connectivity index (χ3v) is 6.03. The van der Waals surface area contributed by atoms with Crippen LogP contribution in [0.3, 0.4) is 0 Å². The summed E-state index contributed by atoms with van der Waals surface area (Å²) in [4.78, 5) is 14.6. The van der Waals surface area contributed by atoms with Gasteiger partial charge in [0.2, 0.25) is 0 Å². The Morgan fingerprint density at radius 3 is 2.72 bits per heavy atom. The molecule has 5 rings (SSSR count). The summed E-state index contributed by atoms with van der Waals surface area (Å²) in [6, 6.07) is 12.0. The van der Waals surface area contributed by atoms with Gasteiger partial charge in [0, 0.05) is 23.7 Å². The summed E-state index contributed by atoms with van der Waals surface area (Å²) in [7, 11) is 0. The van der Waals surface area contributed by atoms with Crippen LogP contribution in [0, 0.1) is 5.82 Å². The second kappa shape index (κ2) is 9.57. The molecule has 2 aromatic carbocycles. The molecule has 0 fully saturated rings. The number of carboxylic acid groups (broad SMARTS) is 1. The largest absolute Gasteiger partial charge is 0.508 e. The van der Waals surface area contributed by atoms with Crippen LogP contribution >= 0.6 is 11.6 Å². The van der Waals surface area contributed by atoms with Crippen molar-refractivity contribution in [1.29, 1.82) is 0 Å². The van der Waals surface area contributed by atoms with Crippen molar-refractivity contribution in [3.8, 4) is 11.5 Å². The number of phenols is 1. The van der Waals surface area contributed by atoms with Crippen molar-refractivity contribution in [1.82, 2.24) is 4.98 Å². The lowest BCUT2D eigenvalue weighted by atomic mass is 9.97. The van der Waals surface area contributed by atoms with E-state index < -0.39 is 5.97 Å². The molecule has 1 aliphatic heterocycles. The van der Waals surface area contributed by atoms with Crippen LogP contribution in [0.5, 0.6) is 11.5 Å². The van der Waals surface area contributed by atoms with E-state index in [1.54, 1.807) is 30.5 Å². The van der Waals surface area contributed by atoms with Gasteiger partial charge in [0.15, 0.2) is 0 Å². The van der Waals surface area contributed by atoms with Crippen LogP contribution in [0.15, 0.2) is 48.7 Å². The number of aromatic nitrogens is 1. The molecule has 32 heavy (non-hydrogen) atoms. The minimum atomic E-state index is -0.834. The van der Waals surface area contributed by atoms with Gasteiger partial charge in [0.25, 0.3) is 0 Å². The number of nitrogens with zero attached hydrogens (tertiary/aromatic N) is 1. The molecule has 7 heteroatoms. The number of halogens is 2. The zero-order valence-corrected chi connectivity index (χ0v) is 18.1. The molecule has 5 nitrogen and oxygen atoms in total. The first kappa shape index (κ1) is 22.1. The Hall–Kier alpha value is -3.12. The molecule has 1 atom stereocenters. The highest BCUT2D eigenvalue weighted by Crippen LogP contribution is 2.37. The maximum Gasteiger partial charge on any atom is 0.304 e. The number of hydrogen-bond donors (Lipinski definition) is 2. The Morgan fingerprint density at radius 2 is 1.97 bits per heavy atom. The van der Waals surface area contributed by atoms with E-state index in [2.05, 4.69) is 4.98 Å². The van der Waals surface area contributed by atoms with Crippen molar-refractivity contribution in [2.75, 3.05) is 6.61 Å². The van der Waals surface area contributed by atoms with E-state index in [4.69, 9.17) is 26.6 Å². The Morgan fingerprint density at radius 1 is 1.16 bits per heavy atom. The molecular weight excluding hydrogens is 433 g/mol. The van der Waals surface area contributed by atoms with Gasteiger partial charge in [-0.2, -0.15) is 0 Å². The molecule has 0 bridgehead atoms. The predicted octanol–water partition coefficient (Wildman–Crippen LogP) is 5.30. The average molecular weight is 456 g/mol. The van der Waals surface area contributed by atoms with Crippen molar-refractivity contribution in [3.63, 3.8) is 0 Å². The summed E-state index contributed by atoms with van der Waals surface area (Å²) < 4.78 is 18.9. The highest BCUT2D eigenvalue weighted by Gasteiger charge is 2.26. The van der Waals surface area contributed by atoms with Gasteiger partial charge < -0.3 is 14.9 Å². The van der Waals surface area contributed by atoms with Crippen molar-refractivity contribution in [2.45, 2.75) is 38.0 Å². The summed E-state index contributed by atoms with van der Waals surface area (Å²) >= 11 is 5.77. The molecule has 166 valence electrons. The van der Waals surface area contributed by atoms with Gasteiger partial charge in [0.05, 0.1) is 13.0 Å². The van der Waals surface area contributed by atoms with Crippen LogP contribution in [0.2, 0.25) is 5.15 Å². The molecule has 0 spiro atoms. The van der Waals surface area contributed by atoms with Crippen LogP contribution in [-0.4, -0.2) is 27.8 Å². The topological polar surface area (TPSA) is 79.7 Å². The lowest BCUT2D eigenvalue weighted by Gasteiger charge is -2.09. The molecule has 0 radical (unpaired) electrons. The van der Waals surface area contributed by atoms with Crippen LogP contribution in [0.1, 0.15) is 46.6 Å². The van der Waals surface area contributed by atoms with Crippen LogP contribution < -0.4 is 4.74 Å². The van der Waals surface area contributed by atoms with E-state index in [1.165, 1.54) is 17.2 Å². The van der Waals surface area contributed by atoms with Crippen LogP contribution in [0.4, 0.5) is 4.39 Å². The zero-order chi connectivity index (χ0) is 22.7. The minimum Gasteiger partial charge on any atom is -0.508 e. The van der Waals surface area contributed by atoms with Crippen LogP contribution in [-0.2, 0) is 24.1 Å². The lowest BCUT2D eigenvalue weighted by Crippen LogP contribution is -2.07. The Labute approximate surface area is 190 Å². The number of rotatable bonds is 4. The number of fused-ring (bicyclic) bond motifs is 2. The maximum absolute atomic E-state index is 13.6.